The van der Waals surface area contributed by atoms with Crippen LogP contribution in [0.2, 0.25) is 5.02 Å². The van der Waals surface area contributed by atoms with Crippen molar-refractivity contribution in [2.24, 2.45) is 0 Å². The van der Waals surface area contributed by atoms with Gasteiger partial charge in [0.15, 0.2) is 0 Å². The number of hydrogen-bond donors (Lipinski definition) is 0. The molecular formula is C18H23ClN2O4. The van der Waals surface area contributed by atoms with Crippen LogP contribution in [-0.2, 0) is 9.53 Å². The fourth-order valence-corrected chi connectivity index (χ4v) is 2.73. The van der Waals surface area contributed by atoms with Crippen molar-refractivity contribution in [3.05, 3.63) is 34.9 Å². The number of carbonyl (C=O) groups is 3. The van der Waals surface area contributed by atoms with Crippen molar-refractivity contribution in [3.63, 3.8) is 0 Å². The number of nitrogens with zero attached hydrogens (tertiary/aromatic N) is 2. The summed E-state index contributed by atoms with van der Waals surface area (Å²) in [5.74, 6) is -1.15. The summed E-state index contributed by atoms with van der Waals surface area (Å²) in [5, 5.41) is 0.503. The molecule has 25 heavy (non-hydrogen) atoms. The molecule has 1 saturated heterocycles. The van der Waals surface area contributed by atoms with Crippen LogP contribution in [0.25, 0.3) is 0 Å². The number of Topliss-reactive ketones (excluding diaryl/α,β-unsaturated/α-hetero) is 1. The standard InChI is InChI=1S/C18H23ClN2O4/c1-12-11-20(9-10-21(12)17(24)25-18(2,3)4)16(23)15(22)13-5-7-14(19)8-6-13/h5-8,12H,9-11H2,1-4H3/t12-/m1/s1. The third-order valence-corrected chi connectivity index (χ3v) is 4.10. The van der Waals surface area contributed by atoms with Gasteiger partial charge in [0.25, 0.3) is 5.91 Å². The van der Waals surface area contributed by atoms with Crippen molar-refractivity contribution in [2.75, 3.05) is 19.6 Å². The minimum atomic E-state index is -0.575. The summed E-state index contributed by atoms with van der Waals surface area (Å²) in [6, 6.07) is 5.98. The minimum Gasteiger partial charge on any atom is -0.444 e. The van der Waals surface area contributed by atoms with E-state index < -0.39 is 23.4 Å². The number of halogens is 1. The molecule has 1 fully saturated rings. The molecule has 0 bridgehead atoms. The van der Waals surface area contributed by atoms with Gasteiger partial charge in [-0.25, -0.2) is 4.79 Å². The lowest BCUT2D eigenvalue weighted by Gasteiger charge is -2.39. The van der Waals surface area contributed by atoms with Crippen molar-refractivity contribution in [1.29, 1.82) is 0 Å². The van der Waals surface area contributed by atoms with Crippen molar-refractivity contribution < 1.29 is 19.1 Å². The first kappa shape index (κ1) is 19.2. The van der Waals surface area contributed by atoms with E-state index in [2.05, 4.69) is 0 Å². The van der Waals surface area contributed by atoms with Gasteiger partial charge in [-0.05, 0) is 52.0 Å². The highest BCUT2D eigenvalue weighted by Gasteiger charge is 2.34. The summed E-state index contributed by atoms with van der Waals surface area (Å²) in [6.45, 7) is 8.16. The third kappa shape index (κ3) is 4.95. The topological polar surface area (TPSA) is 66.9 Å². The molecule has 1 atom stereocenters. The highest BCUT2D eigenvalue weighted by atomic mass is 35.5. The minimum absolute atomic E-state index is 0.231. The Bertz CT molecular complexity index is 667. The Balaban J connectivity index is 2.00. The van der Waals surface area contributed by atoms with E-state index in [0.717, 1.165) is 0 Å². The second-order valence-electron chi connectivity index (χ2n) is 7.11. The smallest absolute Gasteiger partial charge is 0.410 e. The van der Waals surface area contributed by atoms with Gasteiger partial charge in [-0.2, -0.15) is 0 Å². The van der Waals surface area contributed by atoms with E-state index >= 15 is 0 Å². The fraction of sp³-hybridized carbons (Fsp3) is 0.500. The number of rotatable bonds is 2. The maximum atomic E-state index is 12.4. The number of ketones is 1. The second-order valence-corrected chi connectivity index (χ2v) is 7.55. The Morgan fingerprint density at radius 2 is 1.72 bits per heavy atom. The Kier molecular flexibility index (Phi) is 5.72. The van der Waals surface area contributed by atoms with Crippen LogP contribution in [0.3, 0.4) is 0 Å². The molecule has 7 heteroatoms. The predicted molar refractivity (Wildman–Crippen MR) is 94.8 cm³/mol. The SMILES string of the molecule is C[C@@H]1CN(C(=O)C(=O)c2ccc(Cl)cc2)CCN1C(=O)OC(C)(C)C. The van der Waals surface area contributed by atoms with E-state index in [4.69, 9.17) is 16.3 Å². The predicted octanol–water partition coefficient (Wildman–Crippen LogP) is 2.99. The third-order valence-electron chi connectivity index (χ3n) is 3.84. The number of ether oxygens (including phenoxy) is 1. The fourth-order valence-electron chi connectivity index (χ4n) is 2.60. The molecule has 0 unspecified atom stereocenters. The van der Waals surface area contributed by atoms with E-state index in [1.165, 1.54) is 17.0 Å². The molecule has 1 aromatic carbocycles. The van der Waals surface area contributed by atoms with Gasteiger partial charge in [-0.3, -0.25) is 9.59 Å². The van der Waals surface area contributed by atoms with Crippen LogP contribution >= 0.6 is 11.6 Å². The average Bonchev–Trinajstić information content (AvgIpc) is 2.52. The molecule has 0 saturated carbocycles. The van der Waals surface area contributed by atoms with E-state index in [1.807, 2.05) is 6.92 Å². The molecule has 6 nitrogen and oxygen atoms in total. The van der Waals surface area contributed by atoms with Gasteiger partial charge in [0.2, 0.25) is 5.78 Å². The highest BCUT2D eigenvalue weighted by molar-refractivity contribution is 6.42. The monoisotopic (exact) mass is 366 g/mol. The van der Waals surface area contributed by atoms with E-state index in [1.54, 1.807) is 37.8 Å². The van der Waals surface area contributed by atoms with Crippen molar-refractivity contribution >= 4 is 29.4 Å². The van der Waals surface area contributed by atoms with Gasteiger partial charge in [0, 0.05) is 36.3 Å². The maximum absolute atomic E-state index is 12.4. The maximum Gasteiger partial charge on any atom is 0.410 e. The molecule has 0 radical (unpaired) electrons. The van der Waals surface area contributed by atoms with Crippen LogP contribution in [0.5, 0.6) is 0 Å². The summed E-state index contributed by atoms with van der Waals surface area (Å²) >= 11 is 5.80. The molecule has 0 N–H and O–H groups in total. The molecule has 0 aliphatic carbocycles. The first-order valence-electron chi connectivity index (χ1n) is 8.17. The van der Waals surface area contributed by atoms with E-state index in [0.29, 0.717) is 23.7 Å². The van der Waals surface area contributed by atoms with Crippen molar-refractivity contribution in [1.82, 2.24) is 9.80 Å². The Labute approximate surface area is 152 Å². The zero-order chi connectivity index (χ0) is 18.8. The molecule has 2 amide bonds. The molecule has 0 spiro atoms. The summed E-state index contributed by atoms with van der Waals surface area (Å²) in [7, 11) is 0. The molecular weight excluding hydrogens is 344 g/mol. The van der Waals surface area contributed by atoms with Gasteiger partial charge >= 0.3 is 6.09 Å². The van der Waals surface area contributed by atoms with Crippen LogP contribution in [0, 0.1) is 0 Å². The molecule has 0 aromatic heterocycles. The number of hydrogen-bond acceptors (Lipinski definition) is 4. The number of carbonyl (C=O) groups excluding carboxylic acids is 3. The summed E-state index contributed by atoms with van der Waals surface area (Å²) in [6.07, 6.45) is -0.406. The Hall–Kier alpha value is -2.08. The van der Waals surface area contributed by atoms with Gasteiger partial charge in [0.1, 0.15) is 5.60 Å². The van der Waals surface area contributed by atoms with Gasteiger partial charge in [-0.15, -0.1) is 0 Å². The zero-order valence-corrected chi connectivity index (χ0v) is 15.7. The summed E-state index contributed by atoms with van der Waals surface area (Å²) < 4.78 is 5.38. The molecule has 136 valence electrons. The first-order valence-corrected chi connectivity index (χ1v) is 8.55. The molecule has 1 aromatic rings. The molecule has 1 aliphatic rings. The lowest BCUT2D eigenvalue weighted by Crippen LogP contribution is -2.57. The summed E-state index contributed by atoms with van der Waals surface area (Å²) in [4.78, 5) is 40.0. The molecule has 2 rings (SSSR count). The lowest BCUT2D eigenvalue weighted by molar-refractivity contribution is -0.129. The second kappa shape index (κ2) is 7.44. The average molecular weight is 367 g/mol. The number of amides is 2. The van der Waals surface area contributed by atoms with Crippen molar-refractivity contribution in [2.45, 2.75) is 39.3 Å². The van der Waals surface area contributed by atoms with Crippen LogP contribution in [-0.4, -0.2) is 58.9 Å². The van der Waals surface area contributed by atoms with Crippen LogP contribution < -0.4 is 0 Å². The van der Waals surface area contributed by atoms with Crippen molar-refractivity contribution in [3.8, 4) is 0 Å². The van der Waals surface area contributed by atoms with Crippen LogP contribution in [0.15, 0.2) is 24.3 Å². The first-order chi connectivity index (χ1) is 11.6. The number of benzene rings is 1. The molecule has 1 heterocycles. The Morgan fingerprint density at radius 1 is 1.12 bits per heavy atom. The largest absolute Gasteiger partial charge is 0.444 e. The van der Waals surface area contributed by atoms with Gasteiger partial charge in [0.05, 0.1) is 0 Å². The highest BCUT2D eigenvalue weighted by Crippen LogP contribution is 2.17. The van der Waals surface area contributed by atoms with Crippen LogP contribution in [0.1, 0.15) is 38.1 Å². The van der Waals surface area contributed by atoms with Gasteiger partial charge < -0.3 is 14.5 Å². The lowest BCUT2D eigenvalue weighted by atomic mass is 10.1. The Morgan fingerprint density at radius 3 is 2.24 bits per heavy atom. The van der Waals surface area contributed by atoms with E-state index in [-0.39, 0.29) is 12.6 Å². The molecule has 1 aliphatic heterocycles. The summed E-state index contributed by atoms with van der Waals surface area (Å²) in [5.41, 5.74) is -0.273. The quantitative estimate of drug-likeness (QED) is 0.596. The van der Waals surface area contributed by atoms with Crippen LogP contribution in [0.4, 0.5) is 4.79 Å². The normalized spacial score (nSPS) is 18.0. The number of piperazine rings is 1. The van der Waals surface area contributed by atoms with E-state index in [9.17, 15) is 14.4 Å². The van der Waals surface area contributed by atoms with Gasteiger partial charge in [-0.1, -0.05) is 11.6 Å². The zero-order valence-electron chi connectivity index (χ0n) is 14.9.